The molecule has 0 radical (unpaired) electrons. The van der Waals surface area contributed by atoms with E-state index in [9.17, 15) is 4.79 Å². The number of amides is 1. The molecule has 0 aliphatic carbocycles. The highest BCUT2D eigenvalue weighted by molar-refractivity contribution is 5.87. The van der Waals surface area contributed by atoms with Gasteiger partial charge in [0.05, 0.1) is 0 Å². The highest BCUT2D eigenvalue weighted by Crippen LogP contribution is 2.20. The molecule has 1 aliphatic heterocycles. The lowest BCUT2D eigenvalue weighted by Gasteiger charge is -2.36. The van der Waals surface area contributed by atoms with Crippen LogP contribution in [-0.2, 0) is 4.79 Å². The first-order valence-electron chi connectivity index (χ1n) is 6.44. The van der Waals surface area contributed by atoms with Gasteiger partial charge in [0, 0.05) is 31.9 Å². The highest BCUT2D eigenvalue weighted by atomic mass is 16.2. The minimum absolute atomic E-state index is 0.127. The number of hydrogen-bond donors (Lipinski definition) is 0. The van der Waals surface area contributed by atoms with Crippen molar-refractivity contribution in [2.24, 2.45) is 0 Å². The van der Waals surface area contributed by atoms with Gasteiger partial charge >= 0.3 is 0 Å². The zero-order valence-electron chi connectivity index (χ0n) is 11.1. The van der Waals surface area contributed by atoms with Crippen LogP contribution >= 0.6 is 0 Å². The molecular weight excluding hydrogens is 224 g/mol. The Bertz CT molecular complexity index is 446. The predicted molar refractivity (Wildman–Crippen MR) is 74.8 cm³/mol. The zero-order valence-corrected chi connectivity index (χ0v) is 11.1. The van der Waals surface area contributed by atoms with Gasteiger partial charge in [0.25, 0.3) is 0 Å². The van der Waals surface area contributed by atoms with Crippen molar-refractivity contribution < 1.29 is 4.79 Å². The zero-order chi connectivity index (χ0) is 13.0. The number of rotatable bonds is 2. The molecule has 1 fully saturated rings. The summed E-state index contributed by atoms with van der Waals surface area (Å²) in [6.07, 6.45) is 3.44. The number of aryl methyl sites for hydroxylation is 1. The first-order valence-corrected chi connectivity index (χ1v) is 6.44. The van der Waals surface area contributed by atoms with Crippen molar-refractivity contribution in [1.82, 2.24) is 4.90 Å². The fourth-order valence-corrected chi connectivity index (χ4v) is 2.33. The topological polar surface area (TPSA) is 23.6 Å². The maximum atomic E-state index is 11.7. The Morgan fingerprint density at radius 2 is 1.83 bits per heavy atom. The van der Waals surface area contributed by atoms with Crippen LogP contribution in [0.1, 0.15) is 12.5 Å². The Labute approximate surface area is 109 Å². The van der Waals surface area contributed by atoms with Gasteiger partial charge in [-0.1, -0.05) is 24.3 Å². The molecule has 0 bridgehead atoms. The Morgan fingerprint density at radius 1 is 1.17 bits per heavy atom. The van der Waals surface area contributed by atoms with Gasteiger partial charge < -0.3 is 9.80 Å². The van der Waals surface area contributed by atoms with Gasteiger partial charge in [0.2, 0.25) is 5.91 Å². The normalized spacial score (nSPS) is 16.3. The maximum absolute atomic E-state index is 11.7. The molecule has 1 saturated heterocycles. The number of piperazine rings is 1. The smallest absolute Gasteiger partial charge is 0.246 e. The van der Waals surface area contributed by atoms with E-state index in [0.717, 1.165) is 26.2 Å². The SMILES string of the molecule is C/C=C/C(=O)N1CCN(c2ccccc2C)CC1. The third-order valence-corrected chi connectivity index (χ3v) is 3.36. The second-order valence-electron chi connectivity index (χ2n) is 4.60. The fourth-order valence-electron chi connectivity index (χ4n) is 2.33. The average Bonchev–Trinajstić information content (AvgIpc) is 2.40. The van der Waals surface area contributed by atoms with Crippen LogP contribution in [0.3, 0.4) is 0 Å². The van der Waals surface area contributed by atoms with E-state index in [4.69, 9.17) is 0 Å². The molecule has 3 nitrogen and oxygen atoms in total. The summed E-state index contributed by atoms with van der Waals surface area (Å²) in [6, 6.07) is 8.41. The summed E-state index contributed by atoms with van der Waals surface area (Å²) in [4.78, 5) is 16.0. The van der Waals surface area contributed by atoms with Crippen molar-refractivity contribution in [3.63, 3.8) is 0 Å². The van der Waals surface area contributed by atoms with E-state index in [1.807, 2.05) is 11.8 Å². The van der Waals surface area contributed by atoms with E-state index >= 15 is 0 Å². The third-order valence-electron chi connectivity index (χ3n) is 3.36. The molecule has 96 valence electrons. The van der Waals surface area contributed by atoms with Crippen molar-refractivity contribution >= 4 is 11.6 Å². The molecule has 0 aromatic heterocycles. The summed E-state index contributed by atoms with van der Waals surface area (Å²) in [5.41, 5.74) is 2.58. The van der Waals surface area contributed by atoms with Gasteiger partial charge in [-0.3, -0.25) is 4.79 Å². The van der Waals surface area contributed by atoms with Gasteiger partial charge in [0.1, 0.15) is 0 Å². The quantitative estimate of drug-likeness (QED) is 0.745. The number of carbonyl (C=O) groups excluding carboxylic acids is 1. The van der Waals surface area contributed by atoms with Crippen molar-refractivity contribution in [2.45, 2.75) is 13.8 Å². The van der Waals surface area contributed by atoms with Gasteiger partial charge in [0.15, 0.2) is 0 Å². The van der Waals surface area contributed by atoms with E-state index in [-0.39, 0.29) is 5.91 Å². The van der Waals surface area contributed by atoms with E-state index in [1.54, 1.807) is 12.2 Å². The molecule has 1 heterocycles. The molecular formula is C15H20N2O. The van der Waals surface area contributed by atoms with Gasteiger partial charge in [-0.15, -0.1) is 0 Å². The monoisotopic (exact) mass is 244 g/mol. The van der Waals surface area contributed by atoms with E-state index in [0.29, 0.717) is 0 Å². The second-order valence-corrected chi connectivity index (χ2v) is 4.60. The number of anilines is 1. The average molecular weight is 244 g/mol. The van der Waals surface area contributed by atoms with Crippen LogP contribution in [0.2, 0.25) is 0 Å². The van der Waals surface area contributed by atoms with Crippen LogP contribution in [0.5, 0.6) is 0 Å². The predicted octanol–water partition coefficient (Wildman–Crippen LogP) is 2.22. The lowest BCUT2D eigenvalue weighted by Crippen LogP contribution is -2.48. The van der Waals surface area contributed by atoms with Gasteiger partial charge in [-0.2, -0.15) is 0 Å². The maximum Gasteiger partial charge on any atom is 0.246 e. The number of benzene rings is 1. The summed E-state index contributed by atoms with van der Waals surface area (Å²) in [5.74, 6) is 0.127. The Morgan fingerprint density at radius 3 is 2.44 bits per heavy atom. The third kappa shape index (κ3) is 2.73. The van der Waals surface area contributed by atoms with Crippen LogP contribution < -0.4 is 4.90 Å². The summed E-state index contributed by atoms with van der Waals surface area (Å²) >= 11 is 0. The molecule has 18 heavy (non-hydrogen) atoms. The molecule has 2 rings (SSSR count). The summed E-state index contributed by atoms with van der Waals surface area (Å²) < 4.78 is 0. The second kappa shape index (κ2) is 5.71. The van der Waals surface area contributed by atoms with Crippen LogP contribution in [0.4, 0.5) is 5.69 Å². The minimum atomic E-state index is 0.127. The van der Waals surface area contributed by atoms with E-state index < -0.39 is 0 Å². The number of hydrogen-bond acceptors (Lipinski definition) is 2. The molecule has 1 aromatic carbocycles. The van der Waals surface area contributed by atoms with Crippen molar-refractivity contribution in [1.29, 1.82) is 0 Å². The molecule has 0 spiro atoms. The molecule has 1 aromatic rings. The Kier molecular flexibility index (Phi) is 4.03. The van der Waals surface area contributed by atoms with E-state index in [2.05, 4.69) is 36.1 Å². The first-order chi connectivity index (χ1) is 8.72. The Balaban J connectivity index is 1.99. The van der Waals surface area contributed by atoms with Gasteiger partial charge in [-0.25, -0.2) is 0 Å². The van der Waals surface area contributed by atoms with E-state index in [1.165, 1.54) is 11.3 Å². The fraction of sp³-hybridized carbons (Fsp3) is 0.400. The molecule has 0 saturated carbocycles. The summed E-state index contributed by atoms with van der Waals surface area (Å²) in [5, 5.41) is 0. The Hall–Kier alpha value is -1.77. The molecule has 0 atom stereocenters. The molecule has 3 heteroatoms. The number of nitrogens with zero attached hydrogens (tertiary/aromatic N) is 2. The largest absolute Gasteiger partial charge is 0.368 e. The van der Waals surface area contributed by atoms with Crippen LogP contribution in [0.25, 0.3) is 0 Å². The number of allylic oxidation sites excluding steroid dienone is 1. The molecule has 0 unspecified atom stereocenters. The molecule has 0 N–H and O–H groups in total. The van der Waals surface area contributed by atoms with Crippen LogP contribution in [0.15, 0.2) is 36.4 Å². The van der Waals surface area contributed by atoms with Crippen molar-refractivity contribution in [3.05, 3.63) is 42.0 Å². The summed E-state index contributed by atoms with van der Waals surface area (Å²) in [6.45, 7) is 7.44. The molecule has 1 aliphatic rings. The lowest BCUT2D eigenvalue weighted by atomic mass is 10.1. The summed E-state index contributed by atoms with van der Waals surface area (Å²) in [7, 11) is 0. The number of carbonyl (C=O) groups is 1. The molecule has 1 amide bonds. The van der Waals surface area contributed by atoms with Crippen molar-refractivity contribution in [2.75, 3.05) is 31.1 Å². The van der Waals surface area contributed by atoms with Crippen molar-refractivity contribution in [3.8, 4) is 0 Å². The first kappa shape index (κ1) is 12.7. The highest BCUT2D eigenvalue weighted by Gasteiger charge is 2.20. The standard InChI is InChI=1S/C15H20N2O/c1-3-6-15(18)17-11-9-16(10-12-17)14-8-5-4-7-13(14)2/h3-8H,9-12H2,1-2H3/b6-3+. The number of para-hydroxylation sites is 1. The van der Waals surface area contributed by atoms with Gasteiger partial charge in [-0.05, 0) is 31.6 Å². The van der Waals surface area contributed by atoms with Crippen LogP contribution in [0, 0.1) is 6.92 Å². The lowest BCUT2D eigenvalue weighted by molar-refractivity contribution is -0.126. The van der Waals surface area contributed by atoms with Crippen LogP contribution in [-0.4, -0.2) is 37.0 Å². The minimum Gasteiger partial charge on any atom is -0.368 e.